The van der Waals surface area contributed by atoms with Gasteiger partial charge in [0.05, 0.1) is 25.3 Å². The number of hydrogen-bond acceptors (Lipinski definition) is 7. The van der Waals surface area contributed by atoms with Crippen molar-refractivity contribution in [3.05, 3.63) is 24.4 Å². The number of alkyl halides is 3. The van der Waals surface area contributed by atoms with Crippen LogP contribution in [0.3, 0.4) is 0 Å². The quantitative estimate of drug-likeness (QED) is 0.729. The number of carbonyl (C=O) groups excluding carboxylic acids is 2. The minimum Gasteiger partial charge on any atom is -0.491 e. The lowest BCUT2D eigenvalue weighted by Crippen LogP contribution is -2.52. The smallest absolute Gasteiger partial charge is 0.416 e. The van der Waals surface area contributed by atoms with Crippen LogP contribution in [0.25, 0.3) is 11.4 Å². The Balaban J connectivity index is 1.51. The molecule has 2 atom stereocenters. The van der Waals surface area contributed by atoms with Crippen molar-refractivity contribution in [1.82, 2.24) is 9.55 Å². The third-order valence-electron chi connectivity index (χ3n) is 5.85. The largest absolute Gasteiger partial charge is 0.491 e. The predicted molar refractivity (Wildman–Crippen MR) is 108 cm³/mol. The van der Waals surface area contributed by atoms with E-state index in [-0.39, 0.29) is 19.0 Å². The van der Waals surface area contributed by atoms with Crippen molar-refractivity contribution >= 4 is 23.5 Å². The van der Waals surface area contributed by atoms with Gasteiger partial charge in [-0.15, -0.1) is 0 Å². The fourth-order valence-corrected chi connectivity index (χ4v) is 4.22. The van der Waals surface area contributed by atoms with Gasteiger partial charge in [0.25, 0.3) is 0 Å². The number of amides is 2. The number of nitrogens with zero attached hydrogens (tertiary/aromatic N) is 4. The van der Waals surface area contributed by atoms with E-state index in [9.17, 15) is 22.8 Å². The van der Waals surface area contributed by atoms with Crippen LogP contribution in [-0.4, -0.2) is 72.8 Å². The molecule has 0 radical (unpaired) electrons. The van der Waals surface area contributed by atoms with Crippen LogP contribution in [0.1, 0.15) is 0 Å². The summed E-state index contributed by atoms with van der Waals surface area (Å²) in [7, 11) is 0. The van der Waals surface area contributed by atoms with Gasteiger partial charge in [-0.3, -0.25) is 4.79 Å². The Bertz CT molecular complexity index is 1100. The highest BCUT2D eigenvalue weighted by Crippen LogP contribution is 2.39. The average Bonchev–Trinajstić information content (AvgIpc) is 3.32. The fraction of sp³-hybridized carbons (Fsp3) is 0.450. The first-order chi connectivity index (χ1) is 15.7. The molecule has 5 rings (SSSR count). The number of aromatic nitrogens is 2. The minimum absolute atomic E-state index is 0.145. The van der Waals surface area contributed by atoms with Crippen LogP contribution in [0.4, 0.5) is 29.5 Å². The molecule has 2 amide bonds. The van der Waals surface area contributed by atoms with Crippen LogP contribution in [0.15, 0.2) is 24.4 Å². The predicted octanol–water partition coefficient (Wildman–Crippen LogP) is 1.52. The SMILES string of the molecule is NC(=O)[C@@H]1COCCN1c1ccc2c(c1)OCCn1cc(N3C(=O)OC[C@H]3C(F)(F)F)nc1-2. The first kappa shape index (κ1) is 21.4. The summed E-state index contributed by atoms with van der Waals surface area (Å²) in [6.07, 6.45) is -4.36. The van der Waals surface area contributed by atoms with E-state index in [1.54, 1.807) is 22.8 Å². The molecule has 3 aliphatic rings. The van der Waals surface area contributed by atoms with Gasteiger partial charge in [-0.05, 0) is 12.1 Å². The highest BCUT2D eigenvalue weighted by molar-refractivity contribution is 5.90. The van der Waals surface area contributed by atoms with Gasteiger partial charge in [0.1, 0.15) is 30.8 Å². The van der Waals surface area contributed by atoms with Crippen molar-refractivity contribution in [2.45, 2.75) is 24.8 Å². The normalized spacial score (nSPS) is 22.8. The van der Waals surface area contributed by atoms with Crippen molar-refractivity contribution in [2.75, 3.05) is 42.8 Å². The molecular weight excluding hydrogens is 447 g/mol. The van der Waals surface area contributed by atoms with Crippen LogP contribution in [-0.2, 0) is 20.8 Å². The Labute approximate surface area is 185 Å². The number of primary amides is 1. The summed E-state index contributed by atoms with van der Waals surface area (Å²) in [6, 6.07) is 2.49. The molecule has 2 saturated heterocycles. The van der Waals surface area contributed by atoms with Gasteiger partial charge >= 0.3 is 12.3 Å². The molecule has 1 aromatic heterocycles. The second-order valence-corrected chi connectivity index (χ2v) is 7.84. The summed E-state index contributed by atoms with van der Waals surface area (Å²) in [5.74, 6) is 0.156. The number of fused-ring (bicyclic) bond motifs is 3. The van der Waals surface area contributed by atoms with Crippen LogP contribution < -0.4 is 20.3 Å². The number of ether oxygens (including phenoxy) is 3. The maximum atomic E-state index is 13.4. The Kier molecular flexibility index (Phi) is 5.07. The minimum atomic E-state index is -4.65. The van der Waals surface area contributed by atoms with E-state index >= 15 is 0 Å². The first-order valence-electron chi connectivity index (χ1n) is 10.2. The number of benzene rings is 1. The molecular formula is C20H20F3N5O5. The summed E-state index contributed by atoms with van der Waals surface area (Å²) in [6.45, 7) is 0.826. The van der Waals surface area contributed by atoms with Crippen molar-refractivity contribution in [2.24, 2.45) is 5.73 Å². The average molecular weight is 467 g/mol. The van der Waals surface area contributed by atoms with E-state index in [0.29, 0.717) is 47.4 Å². The Morgan fingerprint density at radius 2 is 1.97 bits per heavy atom. The standard InChI is InChI=1S/C20H20F3N5O5/c21-20(22,23)15-10-33-19(30)28(15)16-8-26-3-6-32-14-7-11(1-2-12(14)18(26)25-16)27-4-5-31-9-13(27)17(24)29/h1-2,7-8,13,15H,3-6,9-10H2,(H2,24,29)/t13-,15-/m0/s1. The Morgan fingerprint density at radius 1 is 1.15 bits per heavy atom. The summed E-state index contributed by atoms with van der Waals surface area (Å²) in [5.41, 5.74) is 6.75. The van der Waals surface area contributed by atoms with Gasteiger partial charge in [-0.25, -0.2) is 14.7 Å². The van der Waals surface area contributed by atoms with Gasteiger partial charge in [-0.1, -0.05) is 0 Å². The van der Waals surface area contributed by atoms with Gasteiger partial charge in [0, 0.05) is 24.5 Å². The van der Waals surface area contributed by atoms with Crippen LogP contribution in [0.5, 0.6) is 5.75 Å². The number of hydrogen-bond donors (Lipinski definition) is 1. The first-order valence-corrected chi connectivity index (χ1v) is 10.2. The topological polar surface area (TPSA) is 112 Å². The zero-order valence-electron chi connectivity index (χ0n) is 17.2. The van der Waals surface area contributed by atoms with E-state index in [1.807, 2.05) is 4.90 Å². The molecule has 10 nitrogen and oxygen atoms in total. The third kappa shape index (κ3) is 3.71. The van der Waals surface area contributed by atoms with Crippen LogP contribution in [0, 0.1) is 0 Å². The molecule has 4 heterocycles. The maximum absolute atomic E-state index is 13.4. The second kappa shape index (κ2) is 7.83. The lowest BCUT2D eigenvalue weighted by Gasteiger charge is -2.35. The van der Waals surface area contributed by atoms with Crippen molar-refractivity contribution < 1.29 is 37.0 Å². The molecule has 1 aromatic carbocycles. The third-order valence-corrected chi connectivity index (χ3v) is 5.85. The highest BCUT2D eigenvalue weighted by atomic mass is 19.4. The molecule has 0 unspecified atom stereocenters. The molecule has 2 fully saturated rings. The summed E-state index contributed by atoms with van der Waals surface area (Å²) in [5, 5.41) is 0. The lowest BCUT2D eigenvalue weighted by atomic mass is 10.1. The number of halogens is 3. The van der Waals surface area contributed by atoms with Crippen LogP contribution in [0.2, 0.25) is 0 Å². The number of rotatable bonds is 3. The molecule has 0 spiro atoms. The van der Waals surface area contributed by atoms with E-state index in [2.05, 4.69) is 9.72 Å². The maximum Gasteiger partial charge on any atom is 0.416 e. The molecule has 0 aliphatic carbocycles. The van der Waals surface area contributed by atoms with E-state index < -0.39 is 36.9 Å². The molecule has 176 valence electrons. The van der Waals surface area contributed by atoms with E-state index in [4.69, 9.17) is 15.2 Å². The number of anilines is 2. The number of nitrogens with two attached hydrogens (primary N) is 1. The van der Waals surface area contributed by atoms with E-state index in [1.165, 1.54) is 6.20 Å². The fourth-order valence-electron chi connectivity index (χ4n) is 4.22. The zero-order chi connectivity index (χ0) is 23.3. The summed E-state index contributed by atoms with van der Waals surface area (Å²) < 4.78 is 57.7. The molecule has 0 saturated carbocycles. The zero-order valence-corrected chi connectivity index (χ0v) is 17.2. The van der Waals surface area contributed by atoms with E-state index in [0.717, 1.165) is 0 Å². The monoisotopic (exact) mass is 467 g/mol. The molecule has 33 heavy (non-hydrogen) atoms. The molecule has 3 aliphatic heterocycles. The number of imidazole rings is 1. The van der Waals surface area contributed by atoms with Gasteiger partial charge < -0.3 is 29.4 Å². The van der Waals surface area contributed by atoms with Crippen molar-refractivity contribution in [3.8, 4) is 17.1 Å². The molecule has 2 aromatic rings. The second-order valence-electron chi connectivity index (χ2n) is 7.84. The van der Waals surface area contributed by atoms with Crippen LogP contribution >= 0.6 is 0 Å². The number of carbonyl (C=O) groups is 2. The number of cyclic esters (lactones) is 1. The Hall–Kier alpha value is -3.48. The molecule has 2 N–H and O–H groups in total. The number of morpholine rings is 1. The van der Waals surface area contributed by atoms with Gasteiger partial charge in [0.2, 0.25) is 5.91 Å². The van der Waals surface area contributed by atoms with Crippen molar-refractivity contribution in [3.63, 3.8) is 0 Å². The summed E-state index contributed by atoms with van der Waals surface area (Å²) in [4.78, 5) is 30.6. The summed E-state index contributed by atoms with van der Waals surface area (Å²) >= 11 is 0. The molecule has 0 bridgehead atoms. The lowest BCUT2D eigenvalue weighted by molar-refractivity contribution is -0.147. The van der Waals surface area contributed by atoms with Gasteiger partial charge in [-0.2, -0.15) is 13.2 Å². The Morgan fingerprint density at radius 3 is 2.73 bits per heavy atom. The van der Waals surface area contributed by atoms with Crippen molar-refractivity contribution in [1.29, 1.82) is 0 Å². The van der Waals surface area contributed by atoms with Gasteiger partial charge in [0.15, 0.2) is 11.9 Å². The molecule has 13 heteroatoms. The highest BCUT2D eigenvalue weighted by Gasteiger charge is 2.52.